The first-order valence-electron chi connectivity index (χ1n) is 11.8. The number of nitrogens with zero attached hydrogens (tertiary/aromatic N) is 2. The number of methoxy groups -OCH3 is 1. The Labute approximate surface area is 214 Å². The Bertz CT molecular complexity index is 1510. The molecule has 4 rings (SSSR count). The lowest BCUT2D eigenvalue weighted by Gasteiger charge is -2.26. The van der Waals surface area contributed by atoms with Crippen LogP contribution in [0, 0.1) is 6.92 Å². The minimum Gasteiger partial charge on any atom is -0.496 e. The highest BCUT2D eigenvalue weighted by Gasteiger charge is 2.35. The van der Waals surface area contributed by atoms with E-state index in [2.05, 4.69) is 4.99 Å². The standard InChI is InChI=1S/C28H30N2O5S/c1-7-34-27(32)24-18(5)29-28-30(25(24)20-10-8-9-11-21(20)35-16(2)3)26(31)23(36-28)15-19-13-12-17(4)22(14-19)33-6/h8-16,25H,7H2,1-6H3/b23-15-/t25-/m0/s1. The number of aryl methyl sites for hydroxylation is 1. The zero-order valence-corrected chi connectivity index (χ0v) is 22.1. The molecule has 1 aromatic heterocycles. The molecule has 7 nitrogen and oxygen atoms in total. The third kappa shape index (κ3) is 4.86. The molecule has 1 aliphatic rings. The molecule has 0 spiro atoms. The van der Waals surface area contributed by atoms with Crippen molar-refractivity contribution in [2.75, 3.05) is 13.7 Å². The Morgan fingerprint density at radius 3 is 2.61 bits per heavy atom. The summed E-state index contributed by atoms with van der Waals surface area (Å²) in [6.45, 7) is 9.58. The molecule has 0 amide bonds. The van der Waals surface area contributed by atoms with E-state index in [1.807, 2.05) is 69.3 Å². The predicted octanol–water partition coefficient (Wildman–Crippen LogP) is 3.90. The summed E-state index contributed by atoms with van der Waals surface area (Å²) in [6.07, 6.45) is 1.73. The van der Waals surface area contributed by atoms with Gasteiger partial charge in [0.05, 0.1) is 35.6 Å². The molecule has 0 saturated heterocycles. The van der Waals surface area contributed by atoms with E-state index >= 15 is 0 Å². The summed E-state index contributed by atoms with van der Waals surface area (Å²) in [5.74, 6) is 0.849. The zero-order valence-electron chi connectivity index (χ0n) is 21.3. The van der Waals surface area contributed by atoms with Crippen molar-refractivity contribution in [3.8, 4) is 11.5 Å². The number of aromatic nitrogens is 1. The van der Waals surface area contributed by atoms with Crippen molar-refractivity contribution in [1.29, 1.82) is 0 Å². The van der Waals surface area contributed by atoms with E-state index in [0.717, 1.165) is 16.9 Å². The van der Waals surface area contributed by atoms with Gasteiger partial charge in [-0.3, -0.25) is 9.36 Å². The molecule has 36 heavy (non-hydrogen) atoms. The van der Waals surface area contributed by atoms with Crippen LogP contribution in [0.15, 0.2) is 63.5 Å². The Kier molecular flexibility index (Phi) is 7.45. The van der Waals surface area contributed by atoms with Gasteiger partial charge >= 0.3 is 5.97 Å². The van der Waals surface area contributed by atoms with Crippen LogP contribution in [0.5, 0.6) is 11.5 Å². The Balaban J connectivity index is 1.97. The lowest BCUT2D eigenvalue weighted by Crippen LogP contribution is -2.40. The highest BCUT2D eigenvalue weighted by atomic mass is 32.1. The number of ether oxygens (including phenoxy) is 3. The van der Waals surface area contributed by atoms with Crippen LogP contribution in [-0.4, -0.2) is 30.4 Å². The lowest BCUT2D eigenvalue weighted by atomic mass is 9.95. The molecular weight excluding hydrogens is 476 g/mol. The summed E-state index contributed by atoms with van der Waals surface area (Å²) >= 11 is 1.28. The topological polar surface area (TPSA) is 79.1 Å². The van der Waals surface area contributed by atoms with Crippen LogP contribution in [0.2, 0.25) is 0 Å². The average molecular weight is 507 g/mol. The van der Waals surface area contributed by atoms with Gasteiger partial charge < -0.3 is 14.2 Å². The maximum atomic E-state index is 13.8. The minimum absolute atomic E-state index is 0.0883. The Morgan fingerprint density at radius 2 is 1.92 bits per heavy atom. The molecule has 0 unspecified atom stereocenters. The second-order valence-corrected chi connectivity index (χ2v) is 9.74. The molecule has 1 atom stereocenters. The van der Waals surface area contributed by atoms with Crippen LogP contribution in [-0.2, 0) is 9.53 Å². The molecule has 2 aromatic carbocycles. The Morgan fingerprint density at radius 1 is 1.17 bits per heavy atom. The number of hydrogen-bond acceptors (Lipinski definition) is 7. The van der Waals surface area contributed by atoms with Crippen molar-refractivity contribution < 1.29 is 19.0 Å². The summed E-state index contributed by atoms with van der Waals surface area (Å²) < 4.78 is 19.0. The van der Waals surface area contributed by atoms with E-state index in [1.54, 1.807) is 25.5 Å². The number of hydrogen-bond donors (Lipinski definition) is 0. The summed E-state index contributed by atoms with van der Waals surface area (Å²) in [6, 6.07) is 12.5. The molecule has 0 bridgehead atoms. The van der Waals surface area contributed by atoms with Crippen molar-refractivity contribution in [1.82, 2.24) is 4.57 Å². The van der Waals surface area contributed by atoms with Gasteiger partial charge in [-0.05, 0) is 64.0 Å². The van der Waals surface area contributed by atoms with E-state index in [1.165, 1.54) is 11.3 Å². The number of fused-ring (bicyclic) bond motifs is 1. The Hall–Kier alpha value is -3.65. The molecule has 0 N–H and O–H groups in total. The van der Waals surface area contributed by atoms with Crippen LogP contribution >= 0.6 is 11.3 Å². The third-order valence-corrected chi connectivity index (χ3v) is 6.81. The van der Waals surface area contributed by atoms with Crippen LogP contribution in [0.3, 0.4) is 0 Å². The highest BCUT2D eigenvalue weighted by Crippen LogP contribution is 2.36. The number of esters is 1. The van der Waals surface area contributed by atoms with Gasteiger partial charge in [-0.15, -0.1) is 0 Å². The van der Waals surface area contributed by atoms with Crippen molar-refractivity contribution in [3.63, 3.8) is 0 Å². The molecule has 0 fully saturated rings. The zero-order chi connectivity index (χ0) is 26.0. The van der Waals surface area contributed by atoms with Crippen molar-refractivity contribution >= 4 is 23.4 Å². The number of allylic oxidation sites excluding steroid dienone is 1. The second kappa shape index (κ2) is 10.5. The van der Waals surface area contributed by atoms with E-state index in [-0.39, 0.29) is 18.3 Å². The molecule has 0 aliphatic carbocycles. The van der Waals surface area contributed by atoms with Crippen molar-refractivity contribution in [3.05, 3.63) is 90.1 Å². The van der Waals surface area contributed by atoms with Gasteiger partial charge in [0.2, 0.25) is 0 Å². The third-order valence-electron chi connectivity index (χ3n) is 5.82. The van der Waals surface area contributed by atoms with Crippen molar-refractivity contribution in [2.45, 2.75) is 46.8 Å². The number of benzene rings is 2. The highest BCUT2D eigenvalue weighted by molar-refractivity contribution is 7.07. The van der Waals surface area contributed by atoms with Gasteiger partial charge in [0.1, 0.15) is 17.5 Å². The van der Waals surface area contributed by atoms with Gasteiger partial charge in [0.15, 0.2) is 4.80 Å². The number of rotatable bonds is 7. The van der Waals surface area contributed by atoms with E-state index in [0.29, 0.717) is 31.9 Å². The summed E-state index contributed by atoms with van der Waals surface area (Å²) in [5, 5.41) is 0. The summed E-state index contributed by atoms with van der Waals surface area (Å²) in [4.78, 5) is 32.1. The quantitative estimate of drug-likeness (QED) is 0.454. The predicted molar refractivity (Wildman–Crippen MR) is 140 cm³/mol. The second-order valence-electron chi connectivity index (χ2n) is 8.74. The van der Waals surface area contributed by atoms with Crippen molar-refractivity contribution in [2.24, 2.45) is 4.99 Å². The fourth-order valence-corrected chi connectivity index (χ4v) is 5.28. The minimum atomic E-state index is -0.732. The molecule has 0 radical (unpaired) electrons. The molecule has 1 aliphatic heterocycles. The maximum absolute atomic E-state index is 13.8. The van der Waals surface area contributed by atoms with E-state index < -0.39 is 12.0 Å². The molecule has 0 saturated carbocycles. The number of carbonyl (C=O) groups excluding carboxylic acids is 1. The van der Waals surface area contributed by atoms with Gasteiger partial charge in [0.25, 0.3) is 5.56 Å². The maximum Gasteiger partial charge on any atom is 0.338 e. The molecule has 188 valence electrons. The van der Waals surface area contributed by atoms with Crippen LogP contribution in [0.1, 0.15) is 50.4 Å². The molecular formula is C28H30N2O5S. The summed E-state index contributed by atoms with van der Waals surface area (Å²) in [5.41, 5.74) is 3.15. The first-order valence-corrected chi connectivity index (χ1v) is 12.7. The number of carbonyl (C=O) groups is 1. The first-order chi connectivity index (χ1) is 17.2. The fraction of sp³-hybridized carbons (Fsp3) is 0.321. The van der Waals surface area contributed by atoms with E-state index in [9.17, 15) is 9.59 Å². The van der Waals surface area contributed by atoms with Gasteiger partial charge in [-0.25, -0.2) is 9.79 Å². The monoisotopic (exact) mass is 506 g/mol. The van der Waals surface area contributed by atoms with Crippen LogP contribution in [0.25, 0.3) is 6.08 Å². The molecule has 3 aromatic rings. The molecule has 8 heteroatoms. The number of thiazole rings is 1. The van der Waals surface area contributed by atoms with Crippen LogP contribution < -0.4 is 24.4 Å². The fourth-order valence-electron chi connectivity index (χ4n) is 4.23. The average Bonchev–Trinajstić information content (AvgIpc) is 3.14. The van der Waals surface area contributed by atoms with Gasteiger partial charge in [-0.2, -0.15) is 0 Å². The smallest absolute Gasteiger partial charge is 0.338 e. The van der Waals surface area contributed by atoms with E-state index in [4.69, 9.17) is 14.2 Å². The first kappa shape index (κ1) is 25.4. The SMILES string of the molecule is CCOC(=O)C1=C(C)N=c2s/c(=C\c3ccc(C)c(OC)c3)c(=O)n2[C@H]1c1ccccc1OC(C)C. The largest absolute Gasteiger partial charge is 0.496 e. The van der Waals surface area contributed by atoms with Gasteiger partial charge in [-0.1, -0.05) is 41.7 Å². The van der Waals surface area contributed by atoms with Crippen LogP contribution in [0.4, 0.5) is 0 Å². The lowest BCUT2D eigenvalue weighted by molar-refractivity contribution is -0.139. The molecule has 2 heterocycles. The normalized spacial score (nSPS) is 15.5. The number of para-hydroxylation sites is 1. The van der Waals surface area contributed by atoms with Gasteiger partial charge in [0, 0.05) is 5.56 Å². The summed E-state index contributed by atoms with van der Waals surface area (Å²) in [7, 11) is 1.62.